The maximum atomic E-state index is 11.0. The third-order valence-corrected chi connectivity index (χ3v) is 5.41. The predicted octanol–water partition coefficient (Wildman–Crippen LogP) is 7.25. The Balaban J connectivity index is 1.89. The third kappa shape index (κ3) is 13.1. The van der Waals surface area contributed by atoms with Gasteiger partial charge in [-0.15, -0.1) is 0 Å². The van der Waals surface area contributed by atoms with Gasteiger partial charge in [-0.1, -0.05) is 103 Å². The standard InChI is InChI=1S/C23H42N4O2/c1-2-3-4-5-6-7-8-9-10-11-12-13-14-15-16-17-20-25-23-21(27(28)29)18-19-22(24)26-23/h18-19H,2-17,20H2,1H3,(H3,24,25,26). The first-order valence-corrected chi connectivity index (χ1v) is 11.8. The molecular weight excluding hydrogens is 364 g/mol. The lowest BCUT2D eigenvalue weighted by molar-refractivity contribution is -0.384. The van der Waals surface area contributed by atoms with Gasteiger partial charge < -0.3 is 11.1 Å². The third-order valence-electron chi connectivity index (χ3n) is 5.41. The summed E-state index contributed by atoms with van der Waals surface area (Å²) in [5.41, 5.74) is 5.60. The van der Waals surface area contributed by atoms with Gasteiger partial charge in [-0.05, 0) is 12.5 Å². The summed E-state index contributed by atoms with van der Waals surface area (Å²) in [4.78, 5) is 14.6. The maximum absolute atomic E-state index is 11.0. The number of pyridine rings is 1. The molecule has 0 saturated carbocycles. The first-order chi connectivity index (χ1) is 14.1. The normalized spacial score (nSPS) is 10.9. The zero-order valence-electron chi connectivity index (χ0n) is 18.5. The van der Waals surface area contributed by atoms with E-state index in [1.807, 2.05) is 0 Å². The summed E-state index contributed by atoms with van der Waals surface area (Å²) in [7, 11) is 0. The van der Waals surface area contributed by atoms with Gasteiger partial charge in [-0.2, -0.15) is 0 Å². The molecule has 0 radical (unpaired) electrons. The van der Waals surface area contributed by atoms with Gasteiger partial charge in [0.15, 0.2) is 0 Å². The summed E-state index contributed by atoms with van der Waals surface area (Å²) in [5, 5.41) is 14.1. The minimum Gasteiger partial charge on any atom is -0.384 e. The number of rotatable bonds is 19. The highest BCUT2D eigenvalue weighted by atomic mass is 16.6. The summed E-state index contributed by atoms with van der Waals surface area (Å²) >= 11 is 0. The van der Waals surface area contributed by atoms with Crippen LogP contribution in [-0.4, -0.2) is 16.5 Å². The van der Waals surface area contributed by atoms with Gasteiger partial charge in [0.05, 0.1) is 4.92 Å². The van der Waals surface area contributed by atoms with Crippen molar-refractivity contribution in [3.8, 4) is 0 Å². The molecule has 166 valence electrons. The molecule has 1 rings (SSSR count). The predicted molar refractivity (Wildman–Crippen MR) is 123 cm³/mol. The molecule has 0 aliphatic carbocycles. The summed E-state index contributed by atoms with van der Waals surface area (Å²) in [6, 6.07) is 2.86. The lowest BCUT2D eigenvalue weighted by atomic mass is 10.0. The van der Waals surface area contributed by atoms with Crippen LogP contribution in [0.2, 0.25) is 0 Å². The second kappa shape index (κ2) is 17.0. The molecule has 0 aliphatic heterocycles. The van der Waals surface area contributed by atoms with Crippen molar-refractivity contribution in [2.45, 2.75) is 110 Å². The van der Waals surface area contributed by atoms with E-state index in [4.69, 9.17) is 5.73 Å². The number of nitrogens with one attached hydrogen (secondary N) is 1. The van der Waals surface area contributed by atoms with Crippen molar-refractivity contribution >= 4 is 17.3 Å². The van der Waals surface area contributed by atoms with Crippen LogP contribution in [0.5, 0.6) is 0 Å². The van der Waals surface area contributed by atoms with Crippen LogP contribution < -0.4 is 11.1 Å². The highest BCUT2D eigenvalue weighted by Gasteiger charge is 2.14. The average Bonchev–Trinajstić information content (AvgIpc) is 2.70. The SMILES string of the molecule is CCCCCCCCCCCCCCCCCCNc1nc(N)ccc1[N+](=O)[O-]. The van der Waals surface area contributed by atoms with Crippen molar-refractivity contribution in [2.24, 2.45) is 0 Å². The molecule has 0 aliphatic rings. The van der Waals surface area contributed by atoms with Crippen LogP contribution in [0.25, 0.3) is 0 Å². The minimum absolute atomic E-state index is 0.0179. The van der Waals surface area contributed by atoms with Crippen LogP contribution >= 0.6 is 0 Å². The largest absolute Gasteiger partial charge is 0.384 e. The molecule has 0 atom stereocenters. The Bertz CT molecular complexity index is 552. The van der Waals surface area contributed by atoms with Crippen LogP contribution in [0.1, 0.15) is 110 Å². The molecule has 1 aromatic rings. The Morgan fingerprint density at radius 2 is 1.28 bits per heavy atom. The van der Waals surface area contributed by atoms with Crippen molar-refractivity contribution in [1.82, 2.24) is 4.98 Å². The fraction of sp³-hybridized carbons (Fsp3) is 0.783. The van der Waals surface area contributed by atoms with E-state index in [0.29, 0.717) is 12.4 Å². The smallest absolute Gasteiger partial charge is 0.311 e. The van der Waals surface area contributed by atoms with Gasteiger partial charge >= 0.3 is 5.69 Å². The molecule has 0 amide bonds. The van der Waals surface area contributed by atoms with E-state index in [2.05, 4.69) is 17.2 Å². The minimum atomic E-state index is -0.428. The van der Waals surface area contributed by atoms with Gasteiger partial charge in [0, 0.05) is 12.6 Å². The Morgan fingerprint density at radius 1 is 0.828 bits per heavy atom. The molecule has 0 spiro atoms. The fourth-order valence-corrected chi connectivity index (χ4v) is 3.62. The molecule has 0 aromatic carbocycles. The van der Waals surface area contributed by atoms with Gasteiger partial charge in [0.25, 0.3) is 0 Å². The molecule has 6 nitrogen and oxygen atoms in total. The van der Waals surface area contributed by atoms with Crippen molar-refractivity contribution in [2.75, 3.05) is 17.6 Å². The molecule has 0 unspecified atom stereocenters. The lowest BCUT2D eigenvalue weighted by Gasteiger charge is -2.07. The second-order valence-electron chi connectivity index (χ2n) is 8.09. The highest BCUT2D eigenvalue weighted by Crippen LogP contribution is 2.23. The Morgan fingerprint density at radius 3 is 1.72 bits per heavy atom. The summed E-state index contributed by atoms with van der Waals surface area (Å²) in [5.74, 6) is 0.570. The molecule has 29 heavy (non-hydrogen) atoms. The van der Waals surface area contributed by atoms with E-state index in [1.165, 1.54) is 102 Å². The van der Waals surface area contributed by atoms with Crippen LogP contribution in [-0.2, 0) is 0 Å². The van der Waals surface area contributed by atoms with Crippen LogP contribution in [0.15, 0.2) is 12.1 Å². The number of nitrogen functional groups attached to an aromatic ring is 1. The summed E-state index contributed by atoms with van der Waals surface area (Å²) in [6.45, 7) is 2.96. The van der Waals surface area contributed by atoms with E-state index < -0.39 is 4.92 Å². The summed E-state index contributed by atoms with van der Waals surface area (Å²) in [6.07, 6.45) is 21.4. The zero-order chi connectivity index (χ0) is 21.2. The Kier molecular flexibility index (Phi) is 14.8. The monoisotopic (exact) mass is 406 g/mol. The van der Waals surface area contributed by atoms with E-state index in [0.717, 1.165) is 12.8 Å². The number of hydrogen-bond acceptors (Lipinski definition) is 5. The zero-order valence-corrected chi connectivity index (χ0v) is 18.5. The number of anilines is 2. The topological polar surface area (TPSA) is 94.1 Å². The van der Waals surface area contributed by atoms with E-state index in [-0.39, 0.29) is 11.5 Å². The number of hydrogen-bond donors (Lipinski definition) is 2. The maximum Gasteiger partial charge on any atom is 0.311 e. The van der Waals surface area contributed by atoms with Gasteiger partial charge in [0.2, 0.25) is 5.82 Å². The van der Waals surface area contributed by atoms with Crippen molar-refractivity contribution in [3.63, 3.8) is 0 Å². The molecule has 1 heterocycles. The molecule has 3 N–H and O–H groups in total. The van der Waals surface area contributed by atoms with Crippen LogP contribution in [0.4, 0.5) is 17.3 Å². The summed E-state index contributed by atoms with van der Waals surface area (Å²) < 4.78 is 0. The Hall–Kier alpha value is -1.85. The van der Waals surface area contributed by atoms with Gasteiger partial charge in [-0.3, -0.25) is 10.1 Å². The molecule has 0 saturated heterocycles. The number of nitrogens with zero attached hydrogens (tertiary/aromatic N) is 2. The lowest BCUT2D eigenvalue weighted by Crippen LogP contribution is -2.07. The number of aromatic nitrogens is 1. The molecule has 1 aromatic heterocycles. The molecular formula is C23H42N4O2. The van der Waals surface area contributed by atoms with Crippen LogP contribution in [0.3, 0.4) is 0 Å². The van der Waals surface area contributed by atoms with Crippen LogP contribution in [0, 0.1) is 10.1 Å². The number of unbranched alkanes of at least 4 members (excludes halogenated alkanes) is 15. The van der Waals surface area contributed by atoms with Crippen molar-refractivity contribution < 1.29 is 4.92 Å². The van der Waals surface area contributed by atoms with Gasteiger partial charge in [-0.25, -0.2) is 4.98 Å². The first-order valence-electron chi connectivity index (χ1n) is 11.8. The highest BCUT2D eigenvalue weighted by molar-refractivity contribution is 5.59. The Labute approximate surface area is 177 Å². The fourth-order valence-electron chi connectivity index (χ4n) is 3.62. The van der Waals surface area contributed by atoms with E-state index in [1.54, 1.807) is 0 Å². The molecule has 6 heteroatoms. The second-order valence-corrected chi connectivity index (χ2v) is 8.09. The van der Waals surface area contributed by atoms with Crippen molar-refractivity contribution in [3.05, 3.63) is 22.2 Å². The molecule has 0 bridgehead atoms. The van der Waals surface area contributed by atoms with Gasteiger partial charge in [0.1, 0.15) is 5.82 Å². The number of nitro groups is 1. The first kappa shape index (κ1) is 25.2. The average molecular weight is 407 g/mol. The van der Waals surface area contributed by atoms with E-state index >= 15 is 0 Å². The molecule has 0 fully saturated rings. The van der Waals surface area contributed by atoms with Crippen molar-refractivity contribution in [1.29, 1.82) is 0 Å². The quantitative estimate of drug-likeness (QED) is 0.143. The van der Waals surface area contributed by atoms with E-state index in [9.17, 15) is 10.1 Å². The number of nitrogens with two attached hydrogens (primary N) is 1.